The fourth-order valence-electron chi connectivity index (χ4n) is 1.31. The van der Waals surface area contributed by atoms with Gasteiger partial charge in [-0.3, -0.25) is 4.79 Å². The zero-order valence-electron chi connectivity index (χ0n) is 7.58. The van der Waals surface area contributed by atoms with E-state index < -0.39 is 0 Å². The highest BCUT2D eigenvalue weighted by Gasteiger charge is 2.27. The van der Waals surface area contributed by atoms with Crippen molar-refractivity contribution in [3.63, 3.8) is 0 Å². The fourth-order valence-corrected chi connectivity index (χ4v) is 1.31. The lowest BCUT2D eigenvalue weighted by molar-refractivity contribution is -0.121. The van der Waals surface area contributed by atoms with E-state index in [4.69, 9.17) is 10.5 Å². The van der Waals surface area contributed by atoms with Crippen LogP contribution < -0.4 is 16.4 Å². The molecule has 1 aliphatic heterocycles. The maximum Gasteiger partial charge on any atom is 0.234 e. The van der Waals surface area contributed by atoms with Crippen LogP contribution in [0, 0.1) is 0 Å². The van der Waals surface area contributed by atoms with Gasteiger partial charge in [-0.2, -0.15) is 0 Å². The minimum absolute atomic E-state index is 0. The summed E-state index contributed by atoms with van der Waals surface area (Å²) in [4.78, 5) is 10.9. The minimum atomic E-state index is -0.134. The Morgan fingerprint density at radius 2 is 2.38 bits per heavy atom. The van der Waals surface area contributed by atoms with Crippen LogP contribution in [-0.4, -0.2) is 44.8 Å². The number of methoxy groups -OCH3 is 1. The van der Waals surface area contributed by atoms with Gasteiger partial charge in [0, 0.05) is 20.2 Å². The molecule has 0 aliphatic carbocycles. The second kappa shape index (κ2) is 6.15. The summed E-state index contributed by atoms with van der Waals surface area (Å²) < 4.78 is 5.15. The molecule has 1 heterocycles. The molecule has 0 unspecified atom stereocenters. The highest BCUT2D eigenvalue weighted by atomic mass is 35.5. The summed E-state index contributed by atoms with van der Waals surface area (Å²) in [5, 5.41) is 5.90. The van der Waals surface area contributed by atoms with Crippen molar-refractivity contribution in [2.75, 3.05) is 26.7 Å². The summed E-state index contributed by atoms with van der Waals surface area (Å²) in [5.41, 5.74) is 5.16. The standard InChI is InChI=1S/C7H15N3O2.ClH/c1-12-6-4-9-3-5(6)10-7(11)2-8;/h5-6,9H,2-4,8H2,1H3,(H,10,11);1H/t5-,6-;/m0./s1. The first-order valence-corrected chi connectivity index (χ1v) is 4.01. The zero-order valence-corrected chi connectivity index (χ0v) is 8.39. The van der Waals surface area contributed by atoms with E-state index in [-0.39, 0.29) is 37.0 Å². The van der Waals surface area contributed by atoms with Gasteiger partial charge in [0.15, 0.2) is 0 Å². The molecule has 13 heavy (non-hydrogen) atoms. The number of amides is 1. The molecule has 1 saturated heterocycles. The van der Waals surface area contributed by atoms with Crippen LogP contribution in [0.1, 0.15) is 0 Å². The molecule has 4 N–H and O–H groups in total. The molecule has 0 aromatic rings. The lowest BCUT2D eigenvalue weighted by atomic mass is 10.2. The van der Waals surface area contributed by atoms with Crippen LogP contribution in [0.15, 0.2) is 0 Å². The maximum absolute atomic E-state index is 10.9. The molecular weight excluding hydrogens is 194 g/mol. The Labute approximate surface area is 83.8 Å². The maximum atomic E-state index is 10.9. The normalized spacial score (nSPS) is 26.6. The van der Waals surface area contributed by atoms with Crippen LogP contribution in [0.3, 0.4) is 0 Å². The second-order valence-electron chi connectivity index (χ2n) is 2.81. The molecule has 1 aliphatic rings. The van der Waals surface area contributed by atoms with Crippen molar-refractivity contribution in [2.45, 2.75) is 12.1 Å². The van der Waals surface area contributed by atoms with Gasteiger partial charge in [0.2, 0.25) is 5.91 Å². The van der Waals surface area contributed by atoms with E-state index in [1.165, 1.54) is 0 Å². The first-order valence-electron chi connectivity index (χ1n) is 4.01. The van der Waals surface area contributed by atoms with Crippen molar-refractivity contribution in [3.8, 4) is 0 Å². The molecule has 5 nitrogen and oxygen atoms in total. The molecule has 1 rings (SSSR count). The predicted octanol–water partition coefficient (Wildman–Crippen LogP) is -1.53. The van der Waals surface area contributed by atoms with Gasteiger partial charge in [-0.1, -0.05) is 0 Å². The van der Waals surface area contributed by atoms with Crippen LogP contribution in [0.25, 0.3) is 0 Å². The van der Waals surface area contributed by atoms with Gasteiger partial charge in [0.1, 0.15) is 0 Å². The molecule has 1 amide bonds. The molecule has 0 radical (unpaired) electrons. The number of carbonyl (C=O) groups excluding carboxylic acids is 1. The number of nitrogens with two attached hydrogens (primary N) is 1. The largest absolute Gasteiger partial charge is 0.378 e. The first-order chi connectivity index (χ1) is 5.77. The summed E-state index contributed by atoms with van der Waals surface area (Å²) in [5.74, 6) is -0.134. The first kappa shape index (κ1) is 12.6. The second-order valence-corrected chi connectivity index (χ2v) is 2.81. The van der Waals surface area contributed by atoms with Gasteiger partial charge >= 0.3 is 0 Å². The minimum Gasteiger partial charge on any atom is -0.378 e. The molecule has 6 heteroatoms. The Morgan fingerprint density at radius 1 is 1.69 bits per heavy atom. The quantitative estimate of drug-likeness (QED) is 0.527. The lowest BCUT2D eigenvalue weighted by Gasteiger charge is -2.17. The highest BCUT2D eigenvalue weighted by molar-refractivity contribution is 5.85. The summed E-state index contributed by atoms with van der Waals surface area (Å²) >= 11 is 0. The van der Waals surface area contributed by atoms with Gasteiger partial charge in [-0.15, -0.1) is 12.4 Å². The van der Waals surface area contributed by atoms with E-state index in [0.29, 0.717) is 0 Å². The summed E-state index contributed by atoms with van der Waals surface area (Å²) in [7, 11) is 1.64. The van der Waals surface area contributed by atoms with Crippen molar-refractivity contribution in [1.82, 2.24) is 10.6 Å². The van der Waals surface area contributed by atoms with Gasteiger partial charge in [0.05, 0.1) is 18.7 Å². The third kappa shape index (κ3) is 3.48. The summed E-state index contributed by atoms with van der Waals surface area (Å²) in [6, 6.07) is 0.0612. The molecule has 1 fully saturated rings. The van der Waals surface area contributed by atoms with Gasteiger partial charge in [0.25, 0.3) is 0 Å². The number of ether oxygens (including phenoxy) is 1. The Balaban J connectivity index is 0.00000144. The molecule has 0 bridgehead atoms. The van der Waals surface area contributed by atoms with E-state index in [1.54, 1.807) is 7.11 Å². The van der Waals surface area contributed by atoms with E-state index in [2.05, 4.69) is 10.6 Å². The Morgan fingerprint density at radius 3 is 2.92 bits per heavy atom. The molecule has 0 saturated carbocycles. The van der Waals surface area contributed by atoms with E-state index >= 15 is 0 Å². The fraction of sp³-hybridized carbons (Fsp3) is 0.857. The third-order valence-corrected chi connectivity index (χ3v) is 1.99. The van der Waals surface area contributed by atoms with Gasteiger partial charge in [-0.05, 0) is 0 Å². The van der Waals surface area contributed by atoms with Crippen LogP contribution in [0.2, 0.25) is 0 Å². The van der Waals surface area contributed by atoms with Crippen LogP contribution >= 0.6 is 12.4 Å². The van der Waals surface area contributed by atoms with Gasteiger partial charge in [-0.25, -0.2) is 0 Å². The number of hydrogen-bond acceptors (Lipinski definition) is 4. The Kier molecular flexibility index (Phi) is 5.98. The topological polar surface area (TPSA) is 76.4 Å². The summed E-state index contributed by atoms with van der Waals surface area (Å²) in [6.07, 6.45) is 0.0699. The molecule has 0 aromatic carbocycles. The van der Waals surface area contributed by atoms with Crippen LogP contribution in [0.5, 0.6) is 0 Å². The average Bonchev–Trinajstić information content (AvgIpc) is 2.51. The van der Waals surface area contributed by atoms with Crippen molar-refractivity contribution < 1.29 is 9.53 Å². The monoisotopic (exact) mass is 209 g/mol. The number of hydrogen-bond donors (Lipinski definition) is 3. The van der Waals surface area contributed by atoms with E-state index in [1.807, 2.05) is 0 Å². The predicted molar refractivity (Wildman–Crippen MR) is 51.9 cm³/mol. The number of rotatable bonds is 3. The number of halogens is 1. The number of carbonyl (C=O) groups is 1. The van der Waals surface area contributed by atoms with Crippen molar-refractivity contribution in [2.24, 2.45) is 5.73 Å². The van der Waals surface area contributed by atoms with Gasteiger partial charge < -0.3 is 21.1 Å². The smallest absolute Gasteiger partial charge is 0.234 e. The third-order valence-electron chi connectivity index (χ3n) is 1.99. The van der Waals surface area contributed by atoms with E-state index in [0.717, 1.165) is 13.1 Å². The van der Waals surface area contributed by atoms with E-state index in [9.17, 15) is 4.79 Å². The van der Waals surface area contributed by atoms with Crippen LogP contribution in [0.4, 0.5) is 0 Å². The zero-order chi connectivity index (χ0) is 8.97. The average molecular weight is 210 g/mol. The van der Waals surface area contributed by atoms with Crippen LogP contribution in [-0.2, 0) is 9.53 Å². The molecule has 0 aromatic heterocycles. The Bertz CT molecular complexity index is 168. The van der Waals surface area contributed by atoms with Crippen molar-refractivity contribution in [1.29, 1.82) is 0 Å². The molecule has 2 atom stereocenters. The number of nitrogens with one attached hydrogen (secondary N) is 2. The highest BCUT2D eigenvalue weighted by Crippen LogP contribution is 2.02. The van der Waals surface area contributed by atoms with Crippen molar-refractivity contribution >= 4 is 18.3 Å². The van der Waals surface area contributed by atoms with Crippen molar-refractivity contribution in [3.05, 3.63) is 0 Å². The lowest BCUT2D eigenvalue weighted by Crippen LogP contribution is -2.45. The molecule has 78 valence electrons. The SMILES string of the molecule is CO[C@H]1CNC[C@@H]1NC(=O)CN.Cl. The molecular formula is C7H16ClN3O2. The molecule has 0 spiro atoms. The Hall–Kier alpha value is -0.360. The summed E-state index contributed by atoms with van der Waals surface area (Å²) in [6.45, 7) is 1.57.